The van der Waals surface area contributed by atoms with Crippen molar-refractivity contribution in [3.05, 3.63) is 0 Å². The molecule has 0 fully saturated rings. The maximum atomic E-state index is 12.5. The Morgan fingerprint density at radius 3 is 1.29 bits per heavy atom. The van der Waals surface area contributed by atoms with Crippen molar-refractivity contribution in [1.82, 2.24) is 16.0 Å². The third-order valence-electron chi connectivity index (χ3n) is 4.26. The molecule has 11 heteroatoms. The Bertz CT molecular complexity index is 682. The van der Waals surface area contributed by atoms with Crippen molar-refractivity contribution < 1.29 is 38.5 Å². The molecular formula is C24H45N3O8. The molecule has 0 aliphatic rings. The number of carbonyl (C=O) groups is 4. The SMILES string of the molecule is CC(C)(C)OC(=O)NCCCC(CCCNC(=O)OC(C)(C)C)(CC(=O)O)NC(=O)OC(C)(C)C. The van der Waals surface area contributed by atoms with Gasteiger partial charge in [0.2, 0.25) is 0 Å². The first kappa shape index (κ1) is 32.3. The van der Waals surface area contributed by atoms with Crippen molar-refractivity contribution >= 4 is 24.2 Å². The molecule has 0 aliphatic heterocycles. The van der Waals surface area contributed by atoms with E-state index < -0.39 is 46.6 Å². The highest BCUT2D eigenvalue weighted by Crippen LogP contribution is 2.25. The Hall–Kier alpha value is -2.72. The zero-order valence-electron chi connectivity index (χ0n) is 22.8. The lowest BCUT2D eigenvalue weighted by atomic mass is 9.85. The minimum Gasteiger partial charge on any atom is -0.481 e. The molecule has 35 heavy (non-hydrogen) atoms. The normalized spacial score (nSPS) is 12.4. The molecule has 0 spiro atoms. The van der Waals surface area contributed by atoms with E-state index in [-0.39, 0.29) is 32.4 Å². The van der Waals surface area contributed by atoms with E-state index in [0.29, 0.717) is 12.8 Å². The Morgan fingerprint density at radius 2 is 0.971 bits per heavy atom. The molecule has 0 aromatic rings. The quantitative estimate of drug-likeness (QED) is 0.240. The highest BCUT2D eigenvalue weighted by atomic mass is 16.6. The minimum atomic E-state index is -1.15. The zero-order chi connectivity index (χ0) is 27.5. The van der Waals surface area contributed by atoms with Gasteiger partial charge in [-0.3, -0.25) is 4.79 Å². The van der Waals surface area contributed by atoms with E-state index in [2.05, 4.69) is 16.0 Å². The van der Waals surface area contributed by atoms with E-state index in [9.17, 15) is 24.3 Å². The molecular weight excluding hydrogens is 458 g/mol. The maximum Gasteiger partial charge on any atom is 0.408 e. The number of aliphatic carboxylic acids is 1. The second-order valence-electron chi connectivity index (χ2n) is 11.5. The summed E-state index contributed by atoms with van der Waals surface area (Å²) in [7, 11) is 0. The van der Waals surface area contributed by atoms with Crippen LogP contribution in [0.1, 0.15) is 94.4 Å². The van der Waals surface area contributed by atoms with Crippen LogP contribution in [0.5, 0.6) is 0 Å². The van der Waals surface area contributed by atoms with Gasteiger partial charge >= 0.3 is 24.2 Å². The van der Waals surface area contributed by atoms with Gasteiger partial charge in [0.15, 0.2) is 0 Å². The summed E-state index contributed by atoms with van der Waals surface area (Å²) < 4.78 is 15.8. The first-order valence-electron chi connectivity index (χ1n) is 11.9. The van der Waals surface area contributed by atoms with Crippen LogP contribution >= 0.6 is 0 Å². The fourth-order valence-electron chi connectivity index (χ4n) is 3.14. The van der Waals surface area contributed by atoms with E-state index in [1.54, 1.807) is 62.3 Å². The summed E-state index contributed by atoms with van der Waals surface area (Å²) in [6.45, 7) is 16.1. The molecule has 0 rings (SSSR count). The minimum absolute atomic E-state index is 0.225. The predicted molar refractivity (Wildman–Crippen MR) is 131 cm³/mol. The molecule has 204 valence electrons. The Kier molecular flexibility index (Phi) is 12.3. The molecule has 0 heterocycles. The molecule has 11 nitrogen and oxygen atoms in total. The number of alkyl carbamates (subject to hydrolysis) is 3. The molecule has 0 aromatic carbocycles. The molecule has 0 aliphatic carbocycles. The summed E-state index contributed by atoms with van der Waals surface area (Å²) in [6, 6.07) is 0. The van der Waals surface area contributed by atoms with Crippen LogP contribution in [0.4, 0.5) is 14.4 Å². The topological polar surface area (TPSA) is 152 Å². The van der Waals surface area contributed by atoms with Crippen molar-refractivity contribution in [2.24, 2.45) is 0 Å². The van der Waals surface area contributed by atoms with Crippen molar-refractivity contribution in [2.45, 2.75) is 117 Å². The fraction of sp³-hybridized carbons (Fsp3) is 0.833. The lowest BCUT2D eigenvalue weighted by molar-refractivity contribution is -0.138. The third-order valence-corrected chi connectivity index (χ3v) is 4.26. The molecule has 0 saturated heterocycles. The fourth-order valence-corrected chi connectivity index (χ4v) is 3.14. The van der Waals surface area contributed by atoms with Gasteiger partial charge < -0.3 is 35.3 Å². The van der Waals surface area contributed by atoms with Crippen LogP contribution in [-0.4, -0.2) is 64.8 Å². The molecule has 0 radical (unpaired) electrons. The molecule has 4 N–H and O–H groups in total. The first-order chi connectivity index (χ1) is 15.7. The standard InChI is InChI=1S/C24H45N3O8/c1-21(2,3)33-18(30)25-14-10-12-24(16-17(28)29,27-20(32)35-23(7,8)9)13-11-15-26-19(31)34-22(4,5)6/h10-16H2,1-9H3,(H,25,30)(H,26,31)(H,27,32)(H,28,29). The number of ether oxygens (including phenoxy) is 3. The van der Waals surface area contributed by atoms with E-state index in [0.717, 1.165) is 0 Å². The Balaban J connectivity index is 5.27. The summed E-state index contributed by atoms with van der Waals surface area (Å²) in [4.78, 5) is 48.1. The maximum absolute atomic E-state index is 12.5. The summed E-state index contributed by atoms with van der Waals surface area (Å²) in [6.07, 6.45) is -0.999. The van der Waals surface area contributed by atoms with Gasteiger partial charge in [-0.2, -0.15) is 0 Å². The van der Waals surface area contributed by atoms with E-state index >= 15 is 0 Å². The van der Waals surface area contributed by atoms with Gasteiger partial charge in [-0.25, -0.2) is 14.4 Å². The number of hydrogen-bond acceptors (Lipinski definition) is 7. The van der Waals surface area contributed by atoms with Crippen LogP contribution in [-0.2, 0) is 19.0 Å². The van der Waals surface area contributed by atoms with Crippen molar-refractivity contribution in [1.29, 1.82) is 0 Å². The second kappa shape index (κ2) is 13.4. The van der Waals surface area contributed by atoms with Crippen LogP contribution in [0.15, 0.2) is 0 Å². The average Bonchev–Trinajstić information content (AvgIpc) is 2.57. The van der Waals surface area contributed by atoms with E-state index in [4.69, 9.17) is 14.2 Å². The monoisotopic (exact) mass is 503 g/mol. The van der Waals surface area contributed by atoms with Crippen molar-refractivity contribution in [3.63, 3.8) is 0 Å². The van der Waals surface area contributed by atoms with Crippen molar-refractivity contribution in [2.75, 3.05) is 13.1 Å². The van der Waals surface area contributed by atoms with Crippen LogP contribution in [0, 0.1) is 0 Å². The molecule has 0 saturated carbocycles. The highest BCUT2D eigenvalue weighted by Gasteiger charge is 2.35. The number of hydrogen-bond donors (Lipinski definition) is 4. The van der Waals surface area contributed by atoms with Crippen molar-refractivity contribution in [3.8, 4) is 0 Å². The van der Waals surface area contributed by atoms with E-state index in [1.807, 2.05) is 0 Å². The highest BCUT2D eigenvalue weighted by molar-refractivity contribution is 5.73. The lowest BCUT2D eigenvalue weighted by Crippen LogP contribution is -2.52. The van der Waals surface area contributed by atoms with Crippen LogP contribution in [0.25, 0.3) is 0 Å². The van der Waals surface area contributed by atoms with E-state index in [1.165, 1.54) is 0 Å². The van der Waals surface area contributed by atoms with Gasteiger partial charge in [0.05, 0.1) is 12.0 Å². The summed E-state index contributed by atoms with van der Waals surface area (Å²) in [5, 5.41) is 17.6. The zero-order valence-corrected chi connectivity index (χ0v) is 22.8. The average molecular weight is 504 g/mol. The lowest BCUT2D eigenvalue weighted by Gasteiger charge is -2.35. The van der Waals surface area contributed by atoms with Gasteiger partial charge in [0.1, 0.15) is 16.8 Å². The Morgan fingerprint density at radius 1 is 0.629 bits per heavy atom. The number of carboxylic acid groups (broad SMARTS) is 1. The number of carbonyl (C=O) groups excluding carboxylic acids is 3. The number of carboxylic acids is 1. The molecule has 0 atom stereocenters. The smallest absolute Gasteiger partial charge is 0.408 e. The summed E-state index contributed by atoms with van der Waals surface area (Å²) in [5.41, 5.74) is -3.21. The summed E-state index contributed by atoms with van der Waals surface area (Å²) in [5.74, 6) is -1.10. The van der Waals surface area contributed by atoms with Gasteiger partial charge in [-0.15, -0.1) is 0 Å². The summed E-state index contributed by atoms with van der Waals surface area (Å²) >= 11 is 0. The van der Waals surface area contributed by atoms with Crippen LogP contribution in [0.2, 0.25) is 0 Å². The van der Waals surface area contributed by atoms with Gasteiger partial charge in [0.25, 0.3) is 0 Å². The Labute approximate surface area is 209 Å². The molecule has 0 bridgehead atoms. The number of rotatable bonds is 11. The van der Waals surface area contributed by atoms with Gasteiger partial charge in [0, 0.05) is 13.1 Å². The first-order valence-corrected chi connectivity index (χ1v) is 11.9. The molecule has 0 unspecified atom stereocenters. The van der Waals surface area contributed by atoms with Crippen LogP contribution in [0.3, 0.4) is 0 Å². The third kappa shape index (κ3) is 18.3. The van der Waals surface area contributed by atoms with Gasteiger partial charge in [-0.1, -0.05) is 0 Å². The second-order valence-corrected chi connectivity index (χ2v) is 11.5. The predicted octanol–water partition coefficient (Wildman–Crippen LogP) is 4.33. The largest absolute Gasteiger partial charge is 0.481 e. The van der Waals surface area contributed by atoms with Gasteiger partial charge in [-0.05, 0) is 88.0 Å². The number of amides is 3. The molecule has 3 amide bonds. The van der Waals surface area contributed by atoms with Crippen LogP contribution < -0.4 is 16.0 Å². The number of nitrogens with one attached hydrogen (secondary N) is 3. The molecule has 0 aromatic heterocycles.